The summed E-state index contributed by atoms with van der Waals surface area (Å²) in [5.74, 6) is -0.915. The van der Waals surface area contributed by atoms with Crippen molar-refractivity contribution in [1.29, 1.82) is 0 Å². The Hall–Kier alpha value is -4.19. The second kappa shape index (κ2) is 62.4. The molecule has 0 rings (SSSR count). The molecule has 75 heavy (non-hydrogen) atoms. The van der Waals surface area contributed by atoms with Crippen LogP contribution in [0.1, 0.15) is 278 Å². The lowest BCUT2D eigenvalue weighted by Gasteiger charge is -2.18. The van der Waals surface area contributed by atoms with Gasteiger partial charge in [0.2, 0.25) is 0 Å². The Morgan fingerprint density at radius 3 is 0.827 bits per heavy atom. The number of hydrogen-bond donors (Lipinski definition) is 0. The Kier molecular flexibility index (Phi) is 58.9. The topological polar surface area (TPSA) is 78.9 Å². The van der Waals surface area contributed by atoms with Gasteiger partial charge in [-0.1, -0.05) is 245 Å². The summed E-state index contributed by atoms with van der Waals surface area (Å²) in [5, 5.41) is 0. The van der Waals surface area contributed by atoms with Crippen LogP contribution in [0.4, 0.5) is 0 Å². The zero-order valence-corrected chi connectivity index (χ0v) is 48.8. The van der Waals surface area contributed by atoms with Gasteiger partial charge in [0.05, 0.1) is 0 Å². The van der Waals surface area contributed by atoms with Crippen molar-refractivity contribution in [1.82, 2.24) is 0 Å². The van der Waals surface area contributed by atoms with Crippen molar-refractivity contribution < 1.29 is 28.6 Å². The molecule has 0 N–H and O–H groups in total. The maximum Gasteiger partial charge on any atom is 0.306 e. The van der Waals surface area contributed by atoms with Crippen LogP contribution in [0.15, 0.2) is 122 Å². The van der Waals surface area contributed by atoms with Crippen molar-refractivity contribution in [3.8, 4) is 0 Å². The first kappa shape index (κ1) is 70.8. The van der Waals surface area contributed by atoms with Crippen LogP contribution in [-0.4, -0.2) is 37.2 Å². The molecule has 0 aliphatic heterocycles. The molecular weight excluding hydrogens is 925 g/mol. The Morgan fingerprint density at radius 1 is 0.280 bits per heavy atom. The molecule has 6 heteroatoms. The van der Waals surface area contributed by atoms with Crippen molar-refractivity contribution in [2.75, 3.05) is 13.2 Å². The monoisotopic (exact) mass is 1040 g/mol. The van der Waals surface area contributed by atoms with Crippen LogP contribution in [-0.2, 0) is 28.6 Å². The van der Waals surface area contributed by atoms with Crippen LogP contribution < -0.4 is 0 Å². The first-order chi connectivity index (χ1) is 37.0. The van der Waals surface area contributed by atoms with Crippen LogP contribution in [0.3, 0.4) is 0 Å². The zero-order valence-electron chi connectivity index (χ0n) is 48.8. The number of allylic oxidation sites excluding steroid dienone is 20. The van der Waals surface area contributed by atoms with Gasteiger partial charge in [0, 0.05) is 19.3 Å². The molecule has 0 saturated carbocycles. The number of rotatable bonds is 55. The normalized spacial score (nSPS) is 12.9. The van der Waals surface area contributed by atoms with Gasteiger partial charge in [0.25, 0.3) is 0 Å². The molecule has 1 atom stereocenters. The molecule has 0 aromatic heterocycles. The lowest BCUT2D eigenvalue weighted by molar-refractivity contribution is -0.167. The molecule has 0 aliphatic carbocycles. The van der Waals surface area contributed by atoms with Crippen molar-refractivity contribution in [3.63, 3.8) is 0 Å². The lowest BCUT2D eigenvalue weighted by Crippen LogP contribution is -2.30. The van der Waals surface area contributed by atoms with E-state index < -0.39 is 6.10 Å². The molecule has 0 saturated heterocycles. The highest BCUT2D eigenvalue weighted by Crippen LogP contribution is 2.14. The fraction of sp³-hybridized carbons (Fsp3) is 0.667. The molecule has 0 heterocycles. The van der Waals surface area contributed by atoms with E-state index in [1.54, 1.807) is 0 Å². The lowest BCUT2D eigenvalue weighted by atomic mass is 10.1. The Labute approximate surface area is 462 Å². The molecule has 0 amide bonds. The molecule has 0 radical (unpaired) electrons. The molecule has 0 aromatic rings. The molecule has 0 bridgehead atoms. The van der Waals surface area contributed by atoms with Crippen molar-refractivity contribution >= 4 is 17.9 Å². The summed E-state index contributed by atoms with van der Waals surface area (Å²) in [6.45, 7) is 6.45. The minimum Gasteiger partial charge on any atom is -0.462 e. The van der Waals surface area contributed by atoms with E-state index >= 15 is 0 Å². The van der Waals surface area contributed by atoms with Crippen molar-refractivity contribution in [2.45, 2.75) is 284 Å². The Morgan fingerprint density at radius 2 is 0.520 bits per heavy atom. The maximum absolute atomic E-state index is 12.8. The van der Waals surface area contributed by atoms with Gasteiger partial charge in [-0.2, -0.15) is 0 Å². The van der Waals surface area contributed by atoms with Crippen LogP contribution >= 0.6 is 0 Å². The zero-order chi connectivity index (χ0) is 54.3. The molecule has 0 fully saturated rings. The van der Waals surface area contributed by atoms with E-state index in [9.17, 15) is 14.4 Å². The fourth-order valence-corrected chi connectivity index (χ4v) is 8.27. The minimum atomic E-state index is -0.790. The van der Waals surface area contributed by atoms with E-state index in [4.69, 9.17) is 14.2 Å². The summed E-state index contributed by atoms with van der Waals surface area (Å²) >= 11 is 0. The highest BCUT2D eigenvalue weighted by atomic mass is 16.6. The van der Waals surface area contributed by atoms with Gasteiger partial charge >= 0.3 is 17.9 Å². The molecule has 6 nitrogen and oxygen atoms in total. The van der Waals surface area contributed by atoms with Crippen LogP contribution in [0, 0.1) is 0 Å². The average molecular weight is 1040 g/mol. The molecule has 426 valence electrons. The summed E-state index contributed by atoms with van der Waals surface area (Å²) < 4.78 is 16.8. The van der Waals surface area contributed by atoms with Gasteiger partial charge in [-0.05, 0) is 135 Å². The summed E-state index contributed by atoms with van der Waals surface area (Å²) in [6, 6.07) is 0. The number of unbranched alkanes of at least 4 members (excludes halogenated alkanes) is 24. The third-order valence-corrected chi connectivity index (χ3v) is 12.9. The van der Waals surface area contributed by atoms with Gasteiger partial charge in [-0.3, -0.25) is 14.4 Å². The molecule has 0 aromatic carbocycles. The SMILES string of the molecule is CC/C=C\C/C=C\C/C=C\C/C=C\C/C=C\C/C=C\C/C=C\C/C=C\CCCCCCCCCCC(=O)OCC(COC(=O)CCCCCCC/C=C\CCCCC)OC(=O)CCCCCCC/C=C\CCCCC. The van der Waals surface area contributed by atoms with Crippen molar-refractivity contribution in [3.05, 3.63) is 122 Å². The standard InChI is InChI=1S/C69H114O6/c1-4-7-10-13-16-19-22-25-26-27-28-29-30-31-32-33-34-35-36-37-38-39-40-41-42-43-44-45-48-50-53-56-59-62-68(71)74-65-66(75-69(72)63-60-57-54-51-47-24-21-18-15-12-9-6-3)64-73-67(70)61-58-55-52-49-46-23-20-17-14-11-8-5-2/h7,10,16-21,25-26,28-29,31-32,34-35,37-38,40-41,66H,4-6,8-9,11-15,22-24,27,30,33,36,39,42-65H2,1-3H3/b10-7-,19-16-,20-17-,21-18-,26-25-,29-28-,32-31-,35-34-,38-37-,41-40-. The second-order valence-corrected chi connectivity index (χ2v) is 20.2. The molecule has 0 spiro atoms. The van der Waals surface area contributed by atoms with E-state index in [-0.39, 0.29) is 31.1 Å². The number of hydrogen-bond acceptors (Lipinski definition) is 6. The minimum absolute atomic E-state index is 0.0889. The molecular formula is C69H114O6. The number of carbonyl (C=O) groups is 3. The second-order valence-electron chi connectivity index (χ2n) is 20.2. The van der Waals surface area contributed by atoms with E-state index in [0.29, 0.717) is 19.3 Å². The summed E-state index contributed by atoms with van der Waals surface area (Å²) in [4.78, 5) is 38.1. The van der Waals surface area contributed by atoms with Gasteiger partial charge in [0.1, 0.15) is 13.2 Å². The third kappa shape index (κ3) is 60.6. The first-order valence-corrected chi connectivity index (χ1v) is 31.0. The third-order valence-electron chi connectivity index (χ3n) is 12.9. The van der Waals surface area contributed by atoms with Crippen LogP contribution in [0.25, 0.3) is 0 Å². The Balaban J connectivity index is 4.22. The van der Waals surface area contributed by atoms with E-state index in [1.807, 2.05) is 0 Å². The smallest absolute Gasteiger partial charge is 0.306 e. The first-order valence-electron chi connectivity index (χ1n) is 31.0. The molecule has 1 unspecified atom stereocenters. The predicted octanol–water partition coefficient (Wildman–Crippen LogP) is 21.2. The average Bonchev–Trinajstić information content (AvgIpc) is 3.41. The number of esters is 3. The summed E-state index contributed by atoms with van der Waals surface area (Å²) in [7, 11) is 0. The quantitative estimate of drug-likeness (QED) is 0.0261. The van der Waals surface area contributed by atoms with Gasteiger partial charge in [-0.15, -0.1) is 0 Å². The molecule has 0 aliphatic rings. The van der Waals surface area contributed by atoms with Crippen LogP contribution in [0.5, 0.6) is 0 Å². The number of ether oxygens (including phenoxy) is 3. The van der Waals surface area contributed by atoms with E-state index in [0.717, 1.165) is 135 Å². The Bertz CT molecular complexity index is 1570. The highest BCUT2D eigenvalue weighted by Gasteiger charge is 2.19. The van der Waals surface area contributed by atoms with Gasteiger partial charge in [0.15, 0.2) is 6.10 Å². The van der Waals surface area contributed by atoms with Gasteiger partial charge in [-0.25, -0.2) is 0 Å². The summed E-state index contributed by atoms with van der Waals surface area (Å²) in [5.41, 5.74) is 0. The van der Waals surface area contributed by atoms with E-state index in [1.165, 1.54) is 103 Å². The largest absolute Gasteiger partial charge is 0.462 e. The highest BCUT2D eigenvalue weighted by molar-refractivity contribution is 5.71. The van der Waals surface area contributed by atoms with E-state index in [2.05, 4.69) is 142 Å². The number of carbonyl (C=O) groups excluding carboxylic acids is 3. The predicted molar refractivity (Wildman–Crippen MR) is 325 cm³/mol. The van der Waals surface area contributed by atoms with Gasteiger partial charge < -0.3 is 14.2 Å². The fourth-order valence-electron chi connectivity index (χ4n) is 8.27. The van der Waals surface area contributed by atoms with Crippen LogP contribution in [0.2, 0.25) is 0 Å². The van der Waals surface area contributed by atoms with Crippen molar-refractivity contribution in [2.24, 2.45) is 0 Å². The maximum atomic E-state index is 12.8. The summed E-state index contributed by atoms with van der Waals surface area (Å²) in [6.07, 6.45) is 86.3.